The molecule has 0 aliphatic carbocycles. The van der Waals surface area contributed by atoms with Crippen LogP contribution in [0.1, 0.15) is 0 Å². The molecular formula is C53H33N5. The van der Waals surface area contributed by atoms with E-state index in [4.69, 9.17) is 15.0 Å². The number of hydrogen-bond donors (Lipinski definition) is 0. The van der Waals surface area contributed by atoms with E-state index < -0.39 is 0 Å². The molecule has 0 radical (unpaired) electrons. The molecule has 12 aromatic rings. The van der Waals surface area contributed by atoms with Crippen LogP contribution in [0, 0.1) is 0 Å². The summed E-state index contributed by atoms with van der Waals surface area (Å²) in [4.78, 5) is 15.2. The molecule has 9 aromatic carbocycles. The summed E-state index contributed by atoms with van der Waals surface area (Å²) in [5.74, 6) is 1.93. The lowest BCUT2D eigenvalue weighted by Gasteiger charge is -2.12. The molecule has 0 saturated carbocycles. The first-order valence-electron chi connectivity index (χ1n) is 19.6. The van der Waals surface area contributed by atoms with Crippen molar-refractivity contribution in [1.82, 2.24) is 24.1 Å². The maximum absolute atomic E-state index is 5.12. The van der Waals surface area contributed by atoms with Crippen molar-refractivity contribution in [1.29, 1.82) is 0 Å². The van der Waals surface area contributed by atoms with Crippen LogP contribution in [0.5, 0.6) is 0 Å². The molecule has 0 fully saturated rings. The maximum Gasteiger partial charge on any atom is 0.164 e. The zero-order chi connectivity index (χ0) is 38.2. The van der Waals surface area contributed by atoms with E-state index in [0.717, 1.165) is 44.2 Å². The Labute approximate surface area is 333 Å². The second-order valence-electron chi connectivity index (χ2n) is 14.9. The van der Waals surface area contributed by atoms with Gasteiger partial charge in [-0.15, -0.1) is 0 Å². The molecule has 0 amide bonds. The standard InChI is InChI=1S/C53H33N5/c1-3-14-36(15-4-1)51-54-52(38-25-23-34-13-7-8-16-37(34)31-38)56-53(55-51)39-26-24-35-27-28-42(33-40(35)32-39)58-46-22-12-10-20-44(46)50-48(58)30-29-47-49(50)43-19-9-11-21-45(43)57(47)41-17-5-2-6-18-41/h1-33H. The molecule has 58 heavy (non-hydrogen) atoms. The molecule has 0 spiro atoms. The fraction of sp³-hybridized carbons (Fsp3) is 0. The van der Waals surface area contributed by atoms with Crippen LogP contribution < -0.4 is 0 Å². The van der Waals surface area contributed by atoms with E-state index in [-0.39, 0.29) is 0 Å². The van der Waals surface area contributed by atoms with Gasteiger partial charge in [-0.1, -0.05) is 140 Å². The van der Waals surface area contributed by atoms with Crippen molar-refractivity contribution in [2.75, 3.05) is 0 Å². The van der Waals surface area contributed by atoms with E-state index in [0.29, 0.717) is 17.5 Å². The number of para-hydroxylation sites is 3. The summed E-state index contributed by atoms with van der Waals surface area (Å²) in [6, 6.07) is 71.0. The van der Waals surface area contributed by atoms with Crippen LogP contribution in [0.2, 0.25) is 0 Å². The van der Waals surface area contributed by atoms with Crippen molar-refractivity contribution in [3.63, 3.8) is 0 Å². The van der Waals surface area contributed by atoms with E-state index in [1.807, 2.05) is 18.2 Å². The average molecular weight is 740 g/mol. The van der Waals surface area contributed by atoms with Crippen molar-refractivity contribution in [3.8, 4) is 45.5 Å². The highest BCUT2D eigenvalue weighted by Crippen LogP contribution is 2.42. The minimum atomic E-state index is 0.637. The summed E-state index contributed by atoms with van der Waals surface area (Å²) in [5, 5.41) is 9.58. The van der Waals surface area contributed by atoms with E-state index in [1.54, 1.807) is 0 Å². The van der Waals surface area contributed by atoms with Gasteiger partial charge in [-0.05, 0) is 82.2 Å². The van der Waals surface area contributed by atoms with E-state index >= 15 is 0 Å². The second kappa shape index (κ2) is 12.8. The quantitative estimate of drug-likeness (QED) is 0.177. The summed E-state index contributed by atoms with van der Waals surface area (Å²) in [5.41, 5.74) is 9.82. The molecule has 0 bridgehead atoms. The van der Waals surface area contributed by atoms with Gasteiger partial charge in [-0.3, -0.25) is 0 Å². The van der Waals surface area contributed by atoms with Crippen LogP contribution in [0.4, 0.5) is 0 Å². The first-order chi connectivity index (χ1) is 28.7. The van der Waals surface area contributed by atoms with Crippen LogP contribution in [0.15, 0.2) is 200 Å². The van der Waals surface area contributed by atoms with Crippen molar-refractivity contribution in [2.45, 2.75) is 0 Å². The minimum absolute atomic E-state index is 0.637. The number of rotatable bonds is 5. The molecular weight excluding hydrogens is 707 g/mol. The molecule has 12 rings (SSSR count). The monoisotopic (exact) mass is 739 g/mol. The second-order valence-corrected chi connectivity index (χ2v) is 14.9. The van der Waals surface area contributed by atoms with E-state index in [1.165, 1.54) is 49.0 Å². The summed E-state index contributed by atoms with van der Waals surface area (Å²) < 4.78 is 4.81. The Bertz CT molecular complexity index is 3560. The summed E-state index contributed by atoms with van der Waals surface area (Å²) in [7, 11) is 0. The van der Waals surface area contributed by atoms with Gasteiger partial charge in [0.05, 0.1) is 22.1 Å². The van der Waals surface area contributed by atoms with Gasteiger partial charge in [0.25, 0.3) is 0 Å². The zero-order valence-electron chi connectivity index (χ0n) is 31.3. The number of fused-ring (bicyclic) bond motifs is 9. The van der Waals surface area contributed by atoms with Crippen molar-refractivity contribution in [2.24, 2.45) is 0 Å². The molecule has 0 aliphatic heterocycles. The van der Waals surface area contributed by atoms with Gasteiger partial charge in [0.15, 0.2) is 17.5 Å². The lowest BCUT2D eigenvalue weighted by atomic mass is 10.0. The maximum atomic E-state index is 5.12. The summed E-state index contributed by atoms with van der Waals surface area (Å²) >= 11 is 0. The molecule has 5 nitrogen and oxygen atoms in total. The van der Waals surface area contributed by atoms with Crippen LogP contribution in [-0.4, -0.2) is 24.1 Å². The lowest BCUT2D eigenvalue weighted by molar-refractivity contribution is 1.07. The minimum Gasteiger partial charge on any atom is -0.309 e. The molecule has 0 aliphatic rings. The Kier molecular flexibility index (Phi) is 7.16. The molecule has 0 saturated heterocycles. The lowest BCUT2D eigenvalue weighted by Crippen LogP contribution is -2.00. The Morgan fingerprint density at radius 3 is 1.38 bits per heavy atom. The highest BCUT2D eigenvalue weighted by Gasteiger charge is 2.21. The SMILES string of the molecule is c1ccc(-c2nc(-c3ccc4ccccc4c3)nc(-c3ccc4ccc(-n5c6ccccc6c6c7c8ccccc8n(-c8ccccc8)c7ccc65)cc4c3)n2)cc1. The van der Waals surface area contributed by atoms with Crippen molar-refractivity contribution in [3.05, 3.63) is 200 Å². The summed E-state index contributed by atoms with van der Waals surface area (Å²) in [6.07, 6.45) is 0. The molecule has 3 heterocycles. The average Bonchev–Trinajstić information content (AvgIpc) is 3.82. The molecule has 0 unspecified atom stereocenters. The predicted octanol–water partition coefficient (Wildman–Crippen LogP) is 13.4. The molecule has 0 atom stereocenters. The van der Waals surface area contributed by atoms with Gasteiger partial charge < -0.3 is 9.13 Å². The number of hydrogen-bond acceptors (Lipinski definition) is 3. The third-order valence-electron chi connectivity index (χ3n) is 11.5. The van der Waals surface area contributed by atoms with Gasteiger partial charge in [0.2, 0.25) is 0 Å². The predicted molar refractivity (Wildman–Crippen MR) is 240 cm³/mol. The highest BCUT2D eigenvalue weighted by atomic mass is 15.0. The highest BCUT2D eigenvalue weighted by molar-refractivity contribution is 6.29. The Morgan fingerprint density at radius 2 is 0.741 bits per heavy atom. The Morgan fingerprint density at radius 1 is 0.276 bits per heavy atom. The van der Waals surface area contributed by atoms with Crippen LogP contribution in [0.3, 0.4) is 0 Å². The van der Waals surface area contributed by atoms with Gasteiger partial charge in [-0.2, -0.15) is 0 Å². The first-order valence-corrected chi connectivity index (χ1v) is 19.6. The molecule has 270 valence electrons. The molecule has 3 aromatic heterocycles. The zero-order valence-corrected chi connectivity index (χ0v) is 31.3. The number of aromatic nitrogens is 5. The van der Waals surface area contributed by atoms with Crippen LogP contribution in [-0.2, 0) is 0 Å². The third-order valence-corrected chi connectivity index (χ3v) is 11.5. The normalized spacial score (nSPS) is 11.8. The number of nitrogens with zero attached hydrogens (tertiary/aromatic N) is 5. The summed E-state index contributed by atoms with van der Waals surface area (Å²) in [6.45, 7) is 0. The Hall–Kier alpha value is -7.89. The van der Waals surface area contributed by atoms with Crippen molar-refractivity contribution >= 4 is 65.2 Å². The molecule has 5 heteroatoms. The third kappa shape index (κ3) is 5.07. The van der Waals surface area contributed by atoms with Gasteiger partial charge in [0, 0.05) is 49.6 Å². The van der Waals surface area contributed by atoms with E-state index in [9.17, 15) is 0 Å². The van der Waals surface area contributed by atoms with Gasteiger partial charge in [-0.25, -0.2) is 15.0 Å². The Balaban J connectivity index is 1.05. The van der Waals surface area contributed by atoms with Crippen LogP contribution >= 0.6 is 0 Å². The van der Waals surface area contributed by atoms with Crippen LogP contribution in [0.25, 0.3) is 111 Å². The fourth-order valence-corrected chi connectivity index (χ4v) is 8.84. The van der Waals surface area contributed by atoms with Gasteiger partial charge in [0.1, 0.15) is 0 Å². The topological polar surface area (TPSA) is 48.5 Å². The molecule has 0 N–H and O–H groups in total. The van der Waals surface area contributed by atoms with Crippen molar-refractivity contribution < 1.29 is 0 Å². The van der Waals surface area contributed by atoms with E-state index in [2.05, 4.69) is 191 Å². The largest absolute Gasteiger partial charge is 0.309 e. The fourth-order valence-electron chi connectivity index (χ4n) is 8.84. The first kappa shape index (κ1) is 32.4. The van der Waals surface area contributed by atoms with Gasteiger partial charge >= 0.3 is 0 Å². The number of benzene rings is 9. The smallest absolute Gasteiger partial charge is 0.164 e.